The van der Waals surface area contributed by atoms with E-state index < -0.39 is 0 Å². The predicted octanol–water partition coefficient (Wildman–Crippen LogP) is 5.08. The van der Waals surface area contributed by atoms with Crippen molar-refractivity contribution in [3.63, 3.8) is 0 Å². The van der Waals surface area contributed by atoms with Crippen LogP contribution >= 0.6 is 11.6 Å². The number of benzene rings is 3. The number of aromatic nitrogens is 2. The minimum Gasteiger partial charge on any atom is -0.493 e. The molecule has 4 rings (SSSR count). The number of carbonyl (C=O) groups is 1. The molecule has 4 aromatic rings. The first kappa shape index (κ1) is 19.8. The van der Waals surface area contributed by atoms with Gasteiger partial charge in [0.25, 0.3) is 0 Å². The van der Waals surface area contributed by atoms with Gasteiger partial charge in [-0.05, 0) is 48.0 Å². The maximum absolute atomic E-state index is 12.6. The van der Waals surface area contributed by atoms with Crippen molar-refractivity contribution in [2.75, 3.05) is 19.5 Å². The zero-order chi connectivity index (χ0) is 21.1. The Morgan fingerprint density at radius 3 is 2.60 bits per heavy atom. The second-order valence-corrected chi connectivity index (χ2v) is 7.12. The van der Waals surface area contributed by atoms with Gasteiger partial charge < -0.3 is 19.8 Å². The smallest absolute Gasteiger partial charge is 0.228 e. The van der Waals surface area contributed by atoms with Gasteiger partial charge in [-0.2, -0.15) is 0 Å². The van der Waals surface area contributed by atoms with Crippen molar-refractivity contribution in [2.24, 2.45) is 0 Å². The highest BCUT2D eigenvalue weighted by Gasteiger charge is 2.12. The van der Waals surface area contributed by atoms with E-state index in [1.54, 1.807) is 38.5 Å². The van der Waals surface area contributed by atoms with Crippen molar-refractivity contribution in [1.29, 1.82) is 0 Å². The van der Waals surface area contributed by atoms with E-state index in [1.165, 1.54) is 0 Å². The number of H-pyrrole nitrogens is 1. The number of imidazole rings is 1. The van der Waals surface area contributed by atoms with E-state index in [-0.39, 0.29) is 12.3 Å². The Kier molecular flexibility index (Phi) is 5.59. The molecule has 0 radical (unpaired) electrons. The summed E-state index contributed by atoms with van der Waals surface area (Å²) < 4.78 is 10.5. The maximum atomic E-state index is 12.6. The van der Waals surface area contributed by atoms with Crippen LogP contribution in [0.2, 0.25) is 5.02 Å². The Labute approximate surface area is 178 Å². The highest BCUT2D eigenvalue weighted by atomic mass is 35.5. The first-order valence-corrected chi connectivity index (χ1v) is 9.70. The molecule has 0 aliphatic rings. The summed E-state index contributed by atoms with van der Waals surface area (Å²) in [6.07, 6.45) is 0.197. The summed E-state index contributed by atoms with van der Waals surface area (Å²) in [5.41, 5.74) is 3.95. The van der Waals surface area contributed by atoms with E-state index in [1.807, 2.05) is 36.4 Å². The van der Waals surface area contributed by atoms with E-state index in [4.69, 9.17) is 21.1 Å². The van der Waals surface area contributed by atoms with Crippen LogP contribution in [0, 0.1) is 0 Å². The fourth-order valence-electron chi connectivity index (χ4n) is 3.25. The van der Waals surface area contributed by atoms with Gasteiger partial charge in [-0.3, -0.25) is 4.79 Å². The normalized spacial score (nSPS) is 10.8. The highest BCUT2D eigenvalue weighted by Crippen LogP contribution is 2.31. The van der Waals surface area contributed by atoms with Gasteiger partial charge in [0.2, 0.25) is 5.91 Å². The second kappa shape index (κ2) is 8.47. The largest absolute Gasteiger partial charge is 0.493 e. The third-order valence-electron chi connectivity index (χ3n) is 4.71. The standard InChI is InChI=1S/C23H20ClN3O3/c1-29-20-10-7-14(11-21(20)30-2)12-22(28)25-15-8-9-17(24)16(13-15)23-26-18-5-3-4-6-19(18)27-23/h3-11,13H,12H2,1-2H3,(H,25,28)(H,26,27). The summed E-state index contributed by atoms with van der Waals surface area (Å²) in [6, 6.07) is 18.5. The average Bonchev–Trinajstić information content (AvgIpc) is 3.19. The van der Waals surface area contributed by atoms with Crippen LogP contribution in [0.3, 0.4) is 0 Å². The lowest BCUT2D eigenvalue weighted by atomic mass is 10.1. The molecule has 0 saturated carbocycles. The summed E-state index contributed by atoms with van der Waals surface area (Å²) >= 11 is 6.39. The van der Waals surface area contributed by atoms with Crippen LogP contribution in [-0.4, -0.2) is 30.1 Å². The molecule has 0 unspecified atom stereocenters. The second-order valence-electron chi connectivity index (χ2n) is 6.71. The quantitative estimate of drug-likeness (QED) is 0.455. The van der Waals surface area contributed by atoms with Gasteiger partial charge in [-0.15, -0.1) is 0 Å². The van der Waals surface area contributed by atoms with E-state index in [2.05, 4.69) is 15.3 Å². The Morgan fingerprint density at radius 2 is 1.83 bits per heavy atom. The number of rotatable bonds is 6. The van der Waals surface area contributed by atoms with Gasteiger partial charge in [0.15, 0.2) is 11.5 Å². The molecule has 0 aliphatic carbocycles. The number of anilines is 1. The van der Waals surface area contributed by atoms with E-state index in [0.29, 0.717) is 28.0 Å². The van der Waals surface area contributed by atoms with Gasteiger partial charge in [-0.25, -0.2) is 4.98 Å². The summed E-state index contributed by atoms with van der Waals surface area (Å²) in [6.45, 7) is 0. The molecule has 1 aromatic heterocycles. The summed E-state index contributed by atoms with van der Waals surface area (Å²) in [4.78, 5) is 20.4. The lowest BCUT2D eigenvalue weighted by Gasteiger charge is -2.11. The van der Waals surface area contributed by atoms with Crippen molar-refractivity contribution in [3.05, 3.63) is 71.2 Å². The third-order valence-corrected chi connectivity index (χ3v) is 5.04. The van der Waals surface area contributed by atoms with E-state index in [9.17, 15) is 4.79 Å². The number of halogens is 1. The van der Waals surface area contributed by atoms with Crippen molar-refractivity contribution in [1.82, 2.24) is 9.97 Å². The minimum absolute atomic E-state index is 0.153. The molecule has 152 valence electrons. The van der Waals surface area contributed by atoms with E-state index in [0.717, 1.165) is 22.2 Å². The molecular formula is C23H20ClN3O3. The van der Waals surface area contributed by atoms with Crippen molar-refractivity contribution >= 4 is 34.2 Å². The first-order valence-electron chi connectivity index (χ1n) is 9.33. The lowest BCUT2D eigenvalue weighted by Crippen LogP contribution is -2.14. The van der Waals surface area contributed by atoms with Gasteiger partial charge in [-0.1, -0.05) is 29.8 Å². The Morgan fingerprint density at radius 1 is 1.03 bits per heavy atom. The minimum atomic E-state index is -0.153. The zero-order valence-corrected chi connectivity index (χ0v) is 17.3. The van der Waals surface area contributed by atoms with Crippen LogP contribution in [-0.2, 0) is 11.2 Å². The Hall–Kier alpha value is -3.51. The molecule has 7 heteroatoms. The van der Waals surface area contributed by atoms with Crippen LogP contribution in [0.4, 0.5) is 5.69 Å². The third kappa shape index (κ3) is 4.09. The number of fused-ring (bicyclic) bond motifs is 1. The number of amides is 1. The average molecular weight is 422 g/mol. The number of carbonyl (C=O) groups excluding carboxylic acids is 1. The summed E-state index contributed by atoms with van der Waals surface area (Å²) in [5.74, 6) is 1.70. The Balaban J connectivity index is 1.54. The van der Waals surface area contributed by atoms with Gasteiger partial charge in [0.05, 0.1) is 36.7 Å². The topological polar surface area (TPSA) is 76.2 Å². The maximum Gasteiger partial charge on any atom is 0.228 e. The number of ether oxygens (including phenoxy) is 2. The van der Waals surface area contributed by atoms with Crippen LogP contribution in [0.5, 0.6) is 11.5 Å². The fourth-order valence-corrected chi connectivity index (χ4v) is 3.45. The number of hydrogen-bond donors (Lipinski definition) is 2. The molecule has 1 amide bonds. The first-order chi connectivity index (χ1) is 14.6. The number of para-hydroxylation sites is 2. The molecular weight excluding hydrogens is 402 g/mol. The zero-order valence-electron chi connectivity index (χ0n) is 16.5. The highest BCUT2D eigenvalue weighted by molar-refractivity contribution is 6.33. The number of hydrogen-bond acceptors (Lipinski definition) is 4. The van der Waals surface area contributed by atoms with Gasteiger partial charge >= 0.3 is 0 Å². The number of aromatic amines is 1. The number of nitrogens with one attached hydrogen (secondary N) is 2. The van der Waals surface area contributed by atoms with Gasteiger partial charge in [0, 0.05) is 11.3 Å². The number of methoxy groups -OCH3 is 2. The van der Waals surface area contributed by atoms with Gasteiger partial charge in [0.1, 0.15) is 5.82 Å². The molecule has 6 nitrogen and oxygen atoms in total. The molecule has 0 saturated heterocycles. The molecule has 1 heterocycles. The van der Waals surface area contributed by atoms with Crippen molar-refractivity contribution in [3.8, 4) is 22.9 Å². The molecule has 3 aromatic carbocycles. The summed E-state index contributed by atoms with van der Waals surface area (Å²) in [5, 5.41) is 3.46. The molecule has 2 N–H and O–H groups in total. The number of nitrogens with zero attached hydrogens (tertiary/aromatic N) is 1. The van der Waals surface area contributed by atoms with Crippen LogP contribution in [0.15, 0.2) is 60.7 Å². The van der Waals surface area contributed by atoms with Crippen LogP contribution < -0.4 is 14.8 Å². The van der Waals surface area contributed by atoms with E-state index >= 15 is 0 Å². The van der Waals surface area contributed by atoms with Crippen molar-refractivity contribution < 1.29 is 14.3 Å². The molecule has 0 spiro atoms. The molecule has 0 atom stereocenters. The SMILES string of the molecule is COc1ccc(CC(=O)Nc2ccc(Cl)c(-c3nc4ccccc4[nH]3)c2)cc1OC. The van der Waals surface area contributed by atoms with Crippen LogP contribution in [0.25, 0.3) is 22.4 Å². The molecule has 0 bridgehead atoms. The lowest BCUT2D eigenvalue weighted by molar-refractivity contribution is -0.115. The summed E-state index contributed by atoms with van der Waals surface area (Å²) in [7, 11) is 3.14. The van der Waals surface area contributed by atoms with Crippen molar-refractivity contribution in [2.45, 2.75) is 6.42 Å². The molecule has 0 fully saturated rings. The van der Waals surface area contributed by atoms with Crippen LogP contribution in [0.1, 0.15) is 5.56 Å². The monoisotopic (exact) mass is 421 g/mol. The molecule has 0 aliphatic heterocycles. The molecule has 30 heavy (non-hydrogen) atoms. The fraction of sp³-hybridized carbons (Fsp3) is 0.130. The Bertz CT molecular complexity index is 1190. The predicted molar refractivity (Wildman–Crippen MR) is 118 cm³/mol.